The molecule has 1 nitrogen and oxygen atoms in total. The molecule has 98 valence electrons. The first-order valence-corrected chi connectivity index (χ1v) is 6.95. The minimum absolute atomic E-state index is 0.102. The van der Waals surface area contributed by atoms with Crippen molar-refractivity contribution in [1.29, 1.82) is 0 Å². The van der Waals surface area contributed by atoms with Crippen LogP contribution in [0.5, 0.6) is 0 Å². The Balaban J connectivity index is 2.31. The summed E-state index contributed by atoms with van der Waals surface area (Å²) in [5.41, 5.74) is 0.976. The molecule has 0 atom stereocenters. The van der Waals surface area contributed by atoms with Gasteiger partial charge in [0, 0.05) is 10.9 Å². The highest BCUT2D eigenvalue weighted by Gasteiger charge is 2.16. The number of carbonyl (C=O) groups is 1. The van der Waals surface area contributed by atoms with Crippen LogP contribution in [0.2, 0.25) is 10.0 Å². The van der Waals surface area contributed by atoms with Gasteiger partial charge in [-0.1, -0.05) is 51.3 Å². The molecular weight excluding hydrogens is 354 g/mol. The molecular formula is C14H8BrCl2FO. The minimum atomic E-state index is -0.362. The van der Waals surface area contributed by atoms with Gasteiger partial charge in [0.2, 0.25) is 0 Å². The second-order valence-corrected chi connectivity index (χ2v) is 5.60. The van der Waals surface area contributed by atoms with Gasteiger partial charge in [0.25, 0.3) is 0 Å². The summed E-state index contributed by atoms with van der Waals surface area (Å²) in [6, 6.07) is 9.08. The molecule has 0 fully saturated rings. The molecule has 0 bridgehead atoms. The molecule has 0 aliphatic heterocycles. The van der Waals surface area contributed by atoms with Crippen molar-refractivity contribution in [1.82, 2.24) is 0 Å². The maximum absolute atomic E-state index is 13.0. The van der Waals surface area contributed by atoms with Crippen molar-refractivity contribution in [2.24, 2.45) is 0 Å². The summed E-state index contributed by atoms with van der Waals surface area (Å²) in [4.78, 5) is 12.2. The van der Waals surface area contributed by atoms with Crippen molar-refractivity contribution in [3.05, 3.63) is 67.9 Å². The van der Waals surface area contributed by atoms with E-state index in [9.17, 15) is 9.18 Å². The summed E-state index contributed by atoms with van der Waals surface area (Å²) in [6.07, 6.45) is 0.102. The van der Waals surface area contributed by atoms with Crippen molar-refractivity contribution in [2.75, 3.05) is 0 Å². The van der Waals surface area contributed by atoms with E-state index in [2.05, 4.69) is 15.9 Å². The third kappa shape index (κ3) is 3.35. The highest BCUT2D eigenvalue weighted by atomic mass is 79.9. The molecule has 2 aromatic carbocycles. The van der Waals surface area contributed by atoms with Gasteiger partial charge in [0.15, 0.2) is 5.78 Å². The molecule has 0 aliphatic carbocycles. The van der Waals surface area contributed by atoms with Gasteiger partial charge in [0.05, 0.1) is 15.6 Å². The minimum Gasteiger partial charge on any atom is -0.294 e. The van der Waals surface area contributed by atoms with Crippen LogP contribution in [0.15, 0.2) is 40.9 Å². The smallest absolute Gasteiger partial charge is 0.170 e. The maximum Gasteiger partial charge on any atom is 0.170 e. The highest BCUT2D eigenvalue weighted by Crippen LogP contribution is 2.27. The number of ketones is 1. The number of carbonyl (C=O) groups excluding carboxylic acids is 1. The number of benzene rings is 2. The predicted molar refractivity (Wildman–Crippen MR) is 78.6 cm³/mol. The number of Topliss-reactive ketones (excluding diaryl/α,β-unsaturated/α-hetero) is 1. The zero-order valence-electron chi connectivity index (χ0n) is 9.59. The van der Waals surface area contributed by atoms with Crippen molar-refractivity contribution < 1.29 is 9.18 Å². The predicted octanol–water partition coefficient (Wildman–Crippen LogP) is 5.32. The van der Waals surface area contributed by atoms with E-state index < -0.39 is 0 Å². The van der Waals surface area contributed by atoms with Crippen LogP contribution in [0.25, 0.3) is 0 Å². The molecule has 2 rings (SSSR count). The van der Waals surface area contributed by atoms with E-state index in [1.54, 1.807) is 24.3 Å². The SMILES string of the molecule is O=C(Cc1ccc(F)cc1Br)c1c(Cl)cccc1Cl. The van der Waals surface area contributed by atoms with E-state index in [0.717, 1.165) is 0 Å². The standard InChI is InChI=1S/C14H8BrCl2FO/c15-10-7-9(18)5-4-8(10)6-13(19)14-11(16)2-1-3-12(14)17/h1-5,7H,6H2. The van der Waals surface area contributed by atoms with Gasteiger partial charge < -0.3 is 0 Å². The fourth-order valence-corrected chi connectivity index (χ4v) is 2.79. The Hall–Kier alpha value is -0.900. The van der Waals surface area contributed by atoms with Crippen LogP contribution in [-0.2, 0) is 6.42 Å². The summed E-state index contributed by atoms with van der Waals surface area (Å²) < 4.78 is 13.5. The van der Waals surface area contributed by atoms with E-state index in [0.29, 0.717) is 25.6 Å². The van der Waals surface area contributed by atoms with Gasteiger partial charge in [-0.2, -0.15) is 0 Å². The second kappa shape index (κ2) is 6.04. The monoisotopic (exact) mass is 360 g/mol. The Morgan fingerprint density at radius 2 is 1.79 bits per heavy atom. The lowest BCUT2D eigenvalue weighted by Gasteiger charge is -2.07. The van der Waals surface area contributed by atoms with Crippen LogP contribution >= 0.6 is 39.1 Å². The number of hydrogen-bond donors (Lipinski definition) is 0. The normalized spacial score (nSPS) is 10.5. The van der Waals surface area contributed by atoms with Gasteiger partial charge in [-0.15, -0.1) is 0 Å². The summed E-state index contributed by atoms with van der Waals surface area (Å²) in [6.45, 7) is 0. The Morgan fingerprint density at radius 1 is 1.16 bits per heavy atom. The number of rotatable bonds is 3. The van der Waals surface area contributed by atoms with Crippen LogP contribution in [-0.4, -0.2) is 5.78 Å². The molecule has 19 heavy (non-hydrogen) atoms. The first-order chi connectivity index (χ1) is 8.99. The van der Waals surface area contributed by atoms with Crippen molar-refractivity contribution in [3.63, 3.8) is 0 Å². The van der Waals surface area contributed by atoms with Crippen molar-refractivity contribution in [3.8, 4) is 0 Å². The van der Waals surface area contributed by atoms with Crippen LogP contribution in [0.3, 0.4) is 0 Å². The van der Waals surface area contributed by atoms with Crippen molar-refractivity contribution in [2.45, 2.75) is 6.42 Å². The largest absolute Gasteiger partial charge is 0.294 e. The van der Waals surface area contributed by atoms with Gasteiger partial charge in [0.1, 0.15) is 5.82 Å². The fraction of sp³-hybridized carbons (Fsp3) is 0.0714. The Kier molecular flexibility index (Phi) is 4.61. The van der Waals surface area contributed by atoms with Crippen LogP contribution in [0.1, 0.15) is 15.9 Å². The molecule has 0 N–H and O–H groups in total. The molecule has 0 unspecified atom stereocenters. The summed E-state index contributed by atoms with van der Waals surface area (Å²) in [5, 5.41) is 0.631. The van der Waals surface area contributed by atoms with E-state index in [1.165, 1.54) is 12.1 Å². The first-order valence-electron chi connectivity index (χ1n) is 5.40. The molecule has 0 radical (unpaired) electrons. The van der Waals surface area contributed by atoms with Crippen LogP contribution < -0.4 is 0 Å². The third-order valence-corrected chi connectivity index (χ3v) is 3.98. The molecule has 0 heterocycles. The van der Waals surface area contributed by atoms with E-state index >= 15 is 0 Å². The first kappa shape index (κ1) is 14.5. The van der Waals surface area contributed by atoms with Gasteiger partial charge in [-0.25, -0.2) is 4.39 Å². The number of halogens is 4. The fourth-order valence-electron chi connectivity index (χ4n) is 1.69. The Morgan fingerprint density at radius 3 is 2.37 bits per heavy atom. The van der Waals surface area contributed by atoms with Crippen LogP contribution in [0.4, 0.5) is 4.39 Å². The number of hydrogen-bond acceptors (Lipinski definition) is 1. The zero-order valence-corrected chi connectivity index (χ0v) is 12.7. The lowest BCUT2D eigenvalue weighted by atomic mass is 10.0. The molecule has 2 aromatic rings. The summed E-state index contributed by atoms with van der Waals surface area (Å²) in [5.74, 6) is -0.568. The molecule has 0 spiro atoms. The lowest BCUT2D eigenvalue weighted by Crippen LogP contribution is -2.06. The summed E-state index contributed by atoms with van der Waals surface area (Å²) >= 11 is 15.2. The molecule has 5 heteroatoms. The Bertz CT molecular complexity index is 623. The molecule has 0 amide bonds. The topological polar surface area (TPSA) is 17.1 Å². The zero-order chi connectivity index (χ0) is 14.0. The van der Waals surface area contributed by atoms with E-state index in [4.69, 9.17) is 23.2 Å². The molecule has 0 aromatic heterocycles. The second-order valence-electron chi connectivity index (χ2n) is 3.93. The average Bonchev–Trinajstić information content (AvgIpc) is 2.32. The van der Waals surface area contributed by atoms with E-state index in [-0.39, 0.29) is 18.0 Å². The van der Waals surface area contributed by atoms with Gasteiger partial charge in [-0.05, 0) is 29.8 Å². The third-order valence-electron chi connectivity index (χ3n) is 2.61. The molecule has 0 saturated heterocycles. The highest BCUT2D eigenvalue weighted by molar-refractivity contribution is 9.10. The molecule has 0 saturated carbocycles. The van der Waals surface area contributed by atoms with Crippen molar-refractivity contribution >= 4 is 44.9 Å². The summed E-state index contributed by atoms with van der Waals surface area (Å²) in [7, 11) is 0. The van der Waals surface area contributed by atoms with Gasteiger partial charge in [-0.3, -0.25) is 4.79 Å². The van der Waals surface area contributed by atoms with Crippen LogP contribution in [0, 0.1) is 5.82 Å². The lowest BCUT2D eigenvalue weighted by molar-refractivity contribution is 0.0993. The maximum atomic E-state index is 13.0. The van der Waals surface area contributed by atoms with E-state index in [1.807, 2.05) is 0 Å². The Labute approximate surface area is 128 Å². The van der Waals surface area contributed by atoms with Gasteiger partial charge >= 0.3 is 0 Å². The molecule has 0 aliphatic rings. The average molecular weight is 362 g/mol. The quantitative estimate of drug-likeness (QED) is 0.676.